The maximum absolute atomic E-state index is 6.04. The van der Waals surface area contributed by atoms with E-state index in [1.54, 1.807) is 19.6 Å². The lowest BCUT2D eigenvalue weighted by atomic mass is 10.1. The van der Waals surface area contributed by atoms with E-state index >= 15 is 0 Å². The summed E-state index contributed by atoms with van der Waals surface area (Å²) in [7, 11) is 3.49. The Morgan fingerprint density at radius 3 is 2.89 bits per heavy atom. The number of aryl methyl sites for hydroxylation is 1. The van der Waals surface area contributed by atoms with Crippen LogP contribution in [-0.4, -0.2) is 23.9 Å². The number of methoxy groups -OCH3 is 1. The highest BCUT2D eigenvalue weighted by molar-refractivity contribution is 6.29. The molecule has 2 aromatic heterocycles. The highest BCUT2D eigenvalue weighted by atomic mass is 35.5. The van der Waals surface area contributed by atoms with Gasteiger partial charge < -0.3 is 14.5 Å². The first kappa shape index (κ1) is 13.0. The molecule has 18 heavy (non-hydrogen) atoms. The lowest BCUT2D eigenvalue weighted by molar-refractivity contribution is 0.401. The van der Waals surface area contributed by atoms with Crippen molar-refractivity contribution in [1.82, 2.24) is 15.1 Å². The van der Waals surface area contributed by atoms with Crippen LogP contribution in [0.4, 0.5) is 0 Å². The van der Waals surface area contributed by atoms with Crippen LogP contribution in [0.2, 0.25) is 5.22 Å². The Kier molecular flexibility index (Phi) is 3.93. The van der Waals surface area contributed by atoms with Crippen molar-refractivity contribution in [2.75, 3.05) is 14.2 Å². The van der Waals surface area contributed by atoms with E-state index in [0.29, 0.717) is 5.22 Å². The van der Waals surface area contributed by atoms with E-state index < -0.39 is 0 Å². The number of ether oxygens (including phenoxy) is 1. The first-order valence-electron chi connectivity index (χ1n) is 5.72. The summed E-state index contributed by atoms with van der Waals surface area (Å²) in [6, 6.07) is 1.73. The fourth-order valence-electron chi connectivity index (χ4n) is 2.03. The Morgan fingerprint density at radius 1 is 1.61 bits per heavy atom. The van der Waals surface area contributed by atoms with Gasteiger partial charge in [-0.3, -0.25) is 4.68 Å². The molecule has 5 nitrogen and oxygen atoms in total. The van der Waals surface area contributed by atoms with E-state index in [0.717, 1.165) is 23.6 Å². The van der Waals surface area contributed by atoms with Crippen molar-refractivity contribution in [3.8, 4) is 5.75 Å². The Hall–Kier alpha value is -1.46. The van der Waals surface area contributed by atoms with Crippen molar-refractivity contribution >= 4 is 11.6 Å². The molecule has 0 amide bonds. The van der Waals surface area contributed by atoms with E-state index in [-0.39, 0.29) is 6.04 Å². The Bertz CT molecular complexity index is 500. The first-order chi connectivity index (χ1) is 8.72. The number of halogens is 1. The number of rotatable bonds is 5. The highest BCUT2D eigenvalue weighted by Gasteiger charge is 2.25. The molecule has 98 valence electrons. The molecular weight excluding hydrogens is 254 g/mol. The van der Waals surface area contributed by atoms with E-state index in [9.17, 15) is 0 Å². The average molecular weight is 270 g/mol. The molecule has 2 aromatic rings. The predicted octanol–water partition coefficient (Wildman–Crippen LogP) is 2.47. The van der Waals surface area contributed by atoms with Crippen LogP contribution < -0.4 is 10.1 Å². The van der Waals surface area contributed by atoms with Gasteiger partial charge in [0.2, 0.25) is 0 Å². The van der Waals surface area contributed by atoms with Gasteiger partial charge in [-0.05, 0) is 31.6 Å². The van der Waals surface area contributed by atoms with Gasteiger partial charge in [-0.2, -0.15) is 5.10 Å². The fraction of sp³-hybridized carbons (Fsp3) is 0.417. The lowest BCUT2D eigenvalue weighted by Gasteiger charge is -2.18. The largest absolute Gasteiger partial charge is 0.493 e. The molecule has 0 spiro atoms. The number of nitrogens with zero attached hydrogens (tertiary/aromatic N) is 2. The average Bonchev–Trinajstić information content (AvgIpc) is 2.98. The van der Waals surface area contributed by atoms with Crippen LogP contribution in [0.25, 0.3) is 0 Å². The third kappa shape index (κ3) is 2.11. The second kappa shape index (κ2) is 5.46. The maximum Gasteiger partial charge on any atom is 0.198 e. The Labute approximate surface area is 111 Å². The molecule has 1 N–H and O–H groups in total. The van der Waals surface area contributed by atoms with Crippen molar-refractivity contribution in [3.63, 3.8) is 0 Å². The summed E-state index contributed by atoms with van der Waals surface area (Å²) in [5, 5.41) is 7.88. The molecule has 1 unspecified atom stereocenters. The van der Waals surface area contributed by atoms with Gasteiger partial charge in [-0.15, -0.1) is 0 Å². The van der Waals surface area contributed by atoms with Crippen LogP contribution >= 0.6 is 11.6 Å². The summed E-state index contributed by atoms with van der Waals surface area (Å²) >= 11 is 6.04. The van der Waals surface area contributed by atoms with Crippen LogP contribution in [0, 0.1) is 0 Å². The highest BCUT2D eigenvalue weighted by Crippen LogP contribution is 2.33. The molecule has 0 bridgehead atoms. The second-order valence-corrected chi connectivity index (χ2v) is 4.13. The third-order valence-corrected chi connectivity index (χ3v) is 3.19. The minimum Gasteiger partial charge on any atom is -0.493 e. The molecule has 0 fully saturated rings. The Morgan fingerprint density at radius 2 is 2.39 bits per heavy atom. The number of hydrogen-bond acceptors (Lipinski definition) is 4. The molecule has 0 aromatic carbocycles. The van der Waals surface area contributed by atoms with Gasteiger partial charge in [0.05, 0.1) is 25.6 Å². The molecule has 0 aliphatic rings. The predicted molar refractivity (Wildman–Crippen MR) is 69.1 cm³/mol. The topological polar surface area (TPSA) is 52.2 Å². The zero-order valence-electron chi connectivity index (χ0n) is 10.6. The van der Waals surface area contributed by atoms with E-state index in [2.05, 4.69) is 10.4 Å². The number of hydrogen-bond donors (Lipinski definition) is 1. The van der Waals surface area contributed by atoms with Gasteiger partial charge >= 0.3 is 0 Å². The van der Waals surface area contributed by atoms with E-state index in [1.807, 2.05) is 24.7 Å². The van der Waals surface area contributed by atoms with Crippen LogP contribution in [0.15, 0.2) is 22.9 Å². The van der Waals surface area contributed by atoms with Crippen LogP contribution in [0.1, 0.15) is 24.2 Å². The minimum atomic E-state index is -0.117. The molecule has 0 aliphatic heterocycles. The monoisotopic (exact) mass is 269 g/mol. The summed E-state index contributed by atoms with van der Waals surface area (Å²) in [6.07, 6.45) is 3.28. The third-order valence-electron chi connectivity index (χ3n) is 2.88. The van der Waals surface area contributed by atoms with Gasteiger partial charge in [0.1, 0.15) is 5.69 Å². The summed E-state index contributed by atoms with van der Waals surface area (Å²) in [5.74, 6) is 0.730. The summed E-state index contributed by atoms with van der Waals surface area (Å²) in [6.45, 7) is 2.78. The molecule has 0 aliphatic carbocycles. The normalized spacial score (nSPS) is 12.7. The van der Waals surface area contributed by atoms with Crippen molar-refractivity contribution in [2.45, 2.75) is 19.5 Å². The fourth-order valence-corrected chi connectivity index (χ4v) is 2.25. The van der Waals surface area contributed by atoms with Gasteiger partial charge in [-0.1, -0.05) is 0 Å². The van der Waals surface area contributed by atoms with Crippen molar-refractivity contribution in [1.29, 1.82) is 0 Å². The Balaban J connectivity index is 2.50. The van der Waals surface area contributed by atoms with Gasteiger partial charge in [0, 0.05) is 12.1 Å². The standard InChI is InChI=1S/C12H16ClN3O2/c1-4-16-11(9(17-3)7-15-16)10(14-2)8-5-6-18-12(8)13/h5-7,10,14H,4H2,1-3H3. The first-order valence-corrected chi connectivity index (χ1v) is 6.10. The second-order valence-electron chi connectivity index (χ2n) is 3.79. The van der Waals surface area contributed by atoms with Crippen LogP contribution in [-0.2, 0) is 6.54 Å². The van der Waals surface area contributed by atoms with Crippen molar-refractivity contribution in [2.24, 2.45) is 0 Å². The summed E-state index contributed by atoms with van der Waals surface area (Å²) in [4.78, 5) is 0. The number of furan rings is 1. The molecule has 0 radical (unpaired) electrons. The molecule has 1 atom stereocenters. The van der Waals surface area contributed by atoms with Crippen LogP contribution in [0.5, 0.6) is 5.75 Å². The van der Waals surface area contributed by atoms with Gasteiger partial charge in [0.15, 0.2) is 11.0 Å². The maximum atomic E-state index is 6.04. The van der Waals surface area contributed by atoms with Gasteiger partial charge in [0.25, 0.3) is 0 Å². The smallest absolute Gasteiger partial charge is 0.198 e. The van der Waals surface area contributed by atoms with Crippen molar-refractivity contribution in [3.05, 3.63) is 35.0 Å². The molecule has 2 rings (SSSR count). The molecule has 2 heterocycles. The van der Waals surface area contributed by atoms with E-state index in [1.165, 1.54) is 0 Å². The minimum absolute atomic E-state index is 0.117. The SMILES string of the molecule is CCn1ncc(OC)c1C(NC)c1ccoc1Cl. The van der Waals surface area contributed by atoms with Crippen molar-refractivity contribution < 1.29 is 9.15 Å². The van der Waals surface area contributed by atoms with Gasteiger partial charge in [-0.25, -0.2) is 0 Å². The zero-order chi connectivity index (χ0) is 13.1. The molecule has 6 heteroatoms. The zero-order valence-corrected chi connectivity index (χ0v) is 11.4. The number of aromatic nitrogens is 2. The van der Waals surface area contributed by atoms with Crippen LogP contribution in [0.3, 0.4) is 0 Å². The number of nitrogens with one attached hydrogen (secondary N) is 1. The van der Waals surface area contributed by atoms with E-state index in [4.69, 9.17) is 20.8 Å². The lowest BCUT2D eigenvalue weighted by Crippen LogP contribution is -2.21. The molecule has 0 saturated heterocycles. The summed E-state index contributed by atoms with van der Waals surface area (Å²) < 4.78 is 12.4. The quantitative estimate of drug-likeness (QED) is 0.906. The summed E-state index contributed by atoms with van der Waals surface area (Å²) in [5.41, 5.74) is 1.80. The molecule has 0 saturated carbocycles. The molecular formula is C12H16ClN3O2.